The molecule has 0 radical (unpaired) electrons. The second-order valence-electron chi connectivity index (χ2n) is 6.08. The summed E-state index contributed by atoms with van der Waals surface area (Å²) in [6, 6.07) is 19.6. The second-order valence-corrected chi connectivity index (χ2v) is 8.78. The predicted octanol–water partition coefficient (Wildman–Crippen LogP) is 2.79. The Morgan fingerprint density at radius 1 is 1.00 bits per heavy atom. The van der Waals surface area contributed by atoms with Crippen molar-refractivity contribution in [1.82, 2.24) is 0 Å². The zero-order valence-corrected chi connectivity index (χ0v) is 16.9. The number of hydrogen-bond acceptors (Lipinski definition) is 6. The van der Waals surface area contributed by atoms with E-state index in [1.54, 1.807) is 12.1 Å². The summed E-state index contributed by atoms with van der Waals surface area (Å²) >= 11 is 0.815. The number of primary sulfonamides is 1. The van der Waals surface area contributed by atoms with Gasteiger partial charge in [0.2, 0.25) is 10.0 Å². The van der Waals surface area contributed by atoms with E-state index in [0.717, 1.165) is 23.0 Å². The van der Waals surface area contributed by atoms with Crippen LogP contribution in [0.3, 0.4) is 0 Å². The minimum atomic E-state index is -3.90. The number of ether oxygens (including phenoxy) is 1. The van der Waals surface area contributed by atoms with Crippen LogP contribution in [0.4, 0.5) is 5.69 Å². The van der Waals surface area contributed by atoms with Crippen molar-refractivity contribution in [2.24, 2.45) is 5.14 Å². The number of carbonyl (C=O) groups is 2. The molecule has 3 rings (SSSR count). The van der Waals surface area contributed by atoms with Crippen LogP contribution in [0, 0.1) is 0 Å². The third kappa shape index (κ3) is 5.50. The summed E-state index contributed by atoms with van der Waals surface area (Å²) in [4.78, 5) is 26.5. The van der Waals surface area contributed by atoms with Crippen LogP contribution in [0.2, 0.25) is 0 Å². The summed E-state index contributed by atoms with van der Waals surface area (Å²) in [6.45, 7) is -0.170. The number of thiophene rings is 1. The average molecular weight is 431 g/mol. The third-order valence-electron chi connectivity index (χ3n) is 3.97. The number of amides is 1. The summed E-state index contributed by atoms with van der Waals surface area (Å²) < 4.78 is 27.6. The van der Waals surface area contributed by atoms with Gasteiger partial charge in [-0.2, -0.15) is 0 Å². The summed E-state index contributed by atoms with van der Waals surface area (Å²) in [7, 11) is -3.90. The molecule has 0 saturated carbocycles. The van der Waals surface area contributed by atoms with Crippen molar-refractivity contribution in [1.29, 1.82) is 0 Å². The van der Waals surface area contributed by atoms with E-state index < -0.39 is 28.5 Å². The number of nitrogens with zero attached hydrogens (tertiary/aromatic N) is 1. The first-order valence-corrected chi connectivity index (χ1v) is 10.9. The number of para-hydroxylation sites is 1. The molecule has 0 atom stereocenters. The lowest BCUT2D eigenvalue weighted by molar-refractivity contribution is -0.121. The van der Waals surface area contributed by atoms with Crippen molar-refractivity contribution in [3.63, 3.8) is 0 Å². The number of carbonyl (C=O) groups excluding carboxylic acids is 2. The fraction of sp³-hybridized carbons (Fsp3) is 0.100. The van der Waals surface area contributed by atoms with Crippen molar-refractivity contribution in [2.45, 2.75) is 10.8 Å². The first-order chi connectivity index (χ1) is 13.8. The van der Waals surface area contributed by atoms with Crippen LogP contribution >= 0.6 is 11.3 Å². The fourth-order valence-corrected chi connectivity index (χ4v) is 4.13. The molecular formula is C20H18N2O5S2. The van der Waals surface area contributed by atoms with E-state index in [-0.39, 0.29) is 9.77 Å². The van der Waals surface area contributed by atoms with Crippen molar-refractivity contribution >= 4 is 38.9 Å². The Hall–Kier alpha value is -3.01. The summed E-state index contributed by atoms with van der Waals surface area (Å²) in [5, 5.41) is 6.36. The zero-order valence-electron chi connectivity index (χ0n) is 15.2. The molecule has 29 heavy (non-hydrogen) atoms. The number of sulfonamides is 1. The monoisotopic (exact) mass is 430 g/mol. The van der Waals surface area contributed by atoms with Gasteiger partial charge in [-0.05, 0) is 23.8 Å². The lowest BCUT2D eigenvalue weighted by Crippen LogP contribution is -2.34. The van der Waals surface area contributed by atoms with Gasteiger partial charge in [0.25, 0.3) is 5.91 Å². The molecule has 3 aromatic rings. The van der Waals surface area contributed by atoms with Gasteiger partial charge in [0, 0.05) is 11.1 Å². The molecule has 2 aromatic carbocycles. The van der Waals surface area contributed by atoms with E-state index in [1.807, 2.05) is 48.5 Å². The van der Waals surface area contributed by atoms with E-state index in [0.29, 0.717) is 12.2 Å². The Bertz CT molecular complexity index is 1100. The molecule has 1 amide bonds. The topological polar surface area (TPSA) is 107 Å². The second kappa shape index (κ2) is 8.99. The van der Waals surface area contributed by atoms with Gasteiger partial charge < -0.3 is 9.64 Å². The van der Waals surface area contributed by atoms with Crippen molar-refractivity contribution in [3.8, 4) is 0 Å². The lowest BCUT2D eigenvalue weighted by Gasteiger charge is -2.23. The maximum atomic E-state index is 12.8. The highest BCUT2D eigenvalue weighted by atomic mass is 32.2. The highest BCUT2D eigenvalue weighted by Crippen LogP contribution is 2.20. The molecule has 9 heteroatoms. The Balaban J connectivity index is 1.71. The molecule has 0 unspecified atom stereocenters. The van der Waals surface area contributed by atoms with Crippen LogP contribution in [0.5, 0.6) is 0 Å². The van der Waals surface area contributed by atoms with E-state index >= 15 is 0 Å². The minimum absolute atomic E-state index is 0.0288. The summed E-state index contributed by atoms with van der Waals surface area (Å²) in [5.74, 6) is -1.20. The molecule has 1 aromatic heterocycles. The van der Waals surface area contributed by atoms with E-state index in [9.17, 15) is 18.0 Å². The maximum Gasteiger partial charge on any atom is 0.339 e. The van der Waals surface area contributed by atoms with Gasteiger partial charge in [-0.25, -0.2) is 18.4 Å². The first-order valence-electron chi connectivity index (χ1n) is 8.52. The molecule has 0 bridgehead atoms. The third-order valence-corrected chi connectivity index (χ3v) is 6.36. The number of hydrogen-bond donors (Lipinski definition) is 1. The van der Waals surface area contributed by atoms with Crippen molar-refractivity contribution < 1.29 is 22.7 Å². The summed E-state index contributed by atoms with van der Waals surface area (Å²) in [5.41, 5.74) is 1.62. The van der Waals surface area contributed by atoms with E-state index in [4.69, 9.17) is 9.88 Å². The van der Waals surface area contributed by atoms with Gasteiger partial charge in [-0.15, -0.1) is 11.3 Å². The number of rotatable bonds is 7. The lowest BCUT2D eigenvalue weighted by atomic mass is 10.2. The Morgan fingerprint density at radius 3 is 2.21 bits per heavy atom. The van der Waals surface area contributed by atoms with Crippen LogP contribution in [0.1, 0.15) is 15.9 Å². The molecule has 1 heterocycles. The van der Waals surface area contributed by atoms with Crippen LogP contribution in [-0.4, -0.2) is 26.9 Å². The molecule has 7 nitrogen and oxygen atoms in total. The zero-order chi connectivity index (χ0) is 20.9. The van der Waals surface area contributed by atoms with E-state index in [2.05, 4.69) is 0 Å². The first kappa shape index (κ1) is 20.7. The van der Waals surface area contributed by atoms with E-state index in [1.165, 1.54) is 10.3 Å². The number of anilines is 1. The van der Waals surface area contributed by atoms with Crippen LogP contribution in [0.15, 0.2) is 76.3 Å². The Morgan fingerprint density at radius 2 is 1.62 bits per heavy atom. The SMILES string of the molecule is NS(=O)(=O)c1cc(C(=O)OCC(=O)N(Cc2ccccc2)c2ccccc2)cs1. The van der Waals surface area contributed by atoms with Crippen molar-refractivity contribution in [2.75, 3.05) is 11.5 Å². The van der Waals surface area contributed by atoms with Gasteiger partial charge in [0.1, 0.15) is 4.21 Å². The molecule has 0 aliphatic carbocycles. The fourth-order valence-electron chi connectivity index (χ4n) is 2.56. The highest BCUT2D eigenvalue weighted by Gasteiger charge is 2.20. The van der Waals surface area contributed by atoms with Crippen molar-refractivity contribution in [3.05, 3.63) is 83.2 Å². The molecular weight excluding hydrogens is 412 g/mol. The Kier molecular flexibility index (Phi) is 6.42. The normalized spacial score (nSPS) is 11.1. The van der Waals surface area contributed by atoms with Gasteiger partial charge in [-0.1, -0.05) is 48.5 Å². The minimum Gasteiger partial charge on any atom is -0.452 e. The van der Waals surface area contributed by atoms with Crippen LogP contribution in [-0.2, 0) is 26.1 Å². The van der Waals surface area contributed by atoms with Gasteiger partial charge in [0.15, 0.2) is 6.61 Å². The molecule has 0 aliphatic heterocycles. The molecule has 0 aliphatic rings. The predicted molar refractivity (Wildman–Crippen MR) is 110 cm³/mol. The number of esters is 1. The molecule has 0 spiro atoms. The molecule has 150 valence electrons. The standard InChI is InChI=1S/C20H18N2O5S2/c21-29(25,26)19-11-16(14-28-19)20(24)27-13-18(23)22(17-9-5-2-6-10-17)12-15-7-3-1-4-8-15/h1-11,14H,12-13H2,(H2,21,25,26). The summed E-state index contributed by atoms with van der Waals surface area (Å²) in [6.07, 6.45) is 0. The maximum absolute atomic E-state index is 12.8. The van der Waals surface area contributed by atoms with Gasteiger partial charge in [0.05, 0.1) is 12.1 Å². The quantitative estimate of drug-likeness (QED) is 0.580. The van der Waals surface area contributed by atoms with Crippen LogP contribution in [0.25, 0.3) is 0 Å². The molecule has 0 fully saturated rings. The average Bonchev–Trinajstić information content (AvgIpc) is 3.22. The largest absolute Gasteiger partial charge is 0.452 e. The highest BCUT2D eigenvalue weighted by molar-refractivity contribution is 7.91. The molecule has 2 N–H and O–H groups in total. The molecule has 0 saturated heterocycles. The van der Waals surface area contributed by atoms with Gasteiger partial charge >= 0.3 is 5.97 Å². The van der Waals surface area contributed by atoms with Crippen LogP contribution < -0.4 is 10.0 Å². The number of benzene rings is 2. The Labute approximate surface area is 172 Å². The van der Waals surface area contributed by atoms with Gasteiger partial charge in [-0.3, -0.25) is 4.79 Å². The number of nitrogens with two attached hydrogens (primary N) is 1. The smallest absolute Gasteiger partial charge is 0.339 e.